The first-order valence-corrected chi connectivity index (χ1v) is 5.26. The second kappa shape index (κ2) is 2.57. The third kappa shape index (κ3) is 1.17. The molecular weight excluding hydrogens is 188 g/mol. The molecule has 0 aromatic carbocycles. The molecule has 2 heteroatoms. The molecule has 0 spiro atoms. The van der Waals surface area contributed by atoms with Gasteiger partial charge in [0.05, 0.1) is 11.2 Å². The Labute approximate surface area is 89.2 Å². The second-order valence-electron chi connectivity index (χ2n) is 4.70. The fourth-order valence-electron chi connectivity index (χ4n) is 2.49. The van der Waals surface area contributed by atoms with E-state index in [1.165, 1.54) is 5.56 Å². The van der Waals surface area contributed by atoms with Gasteiger partial charge < -0.3 is 9.15 Å². The van der Waals surface area contributed by atoms with Gasteiger partial charge in [0, 0.05) is 12.0 Å². The number of furan rings is 1. The lowest BCUT2D eigenvalue weighted by atomic mass is 9.80. The van der Waals surface area contributed by atoms with E-state index < -0.39 is 0 Å². The van der Waals surface area contributed by atoms with E-state index in [0.29, 0.717) is 0 Å². The van der Waals surface area contributed by atoms with Gasteiger partial charge in [0.15, 0.2) is 0 Å². The number of hydrogen-bond donors (Lipinski definition) is 0. The van der Waals surface area contributed by atoms with Gasteiger partial charge in [-0.05, 0) is 39.0 Å². The summed E-state index contributed by atoms with van der Waals surface area (Å²) in [5.41, 5.74) is 1.17. The van der Waals surface area contributed by atoms with Crippen LogP contribution in [-0.4, -0.2) is 0 Å². The molecule has 0 fully saturated rings. The van der Waals surface area contributed by atoms with E-state index in [1.807, 2.05) is 13.8 Å². The van der Waals surface area contributed by atoms with Crippen LogP contribution >= 0.6 is 0 Å². The average molecular weight is 202 g/mol. The lowest BCUT2D eigenvalue weighted by Gasteiger charge is -2.25. The molecule has 78 valence electrons. The van der Waals surface area contributed by atoms with Crippen LogP contribution in [0.2, 0.25) is 0 Å². The first kappa shape index (κ1) is 8.84. The minimum absolute atomic E-state index is 0.00137. The topological polar surface area (TPSA) is 22.4 Å². The van der Waals surface area contributed by atoms with Gasteiger partial charge in [0.2, 0.25) is 0 Å². The van der Waals surface area contributed by atoms with Crippen LogP contribution in [-0.2, 0) is 11.2 Å². The highest BCUT2D eigenvalue weighted by Gasteiger charge is 2.39. The number of allylic oxidation sites excluding steroid dienone is 2. The van der Waals surface area contributed by atoms with Crippen molar-refractivity contribution in [1.82, 2.24) is 0 Å². The molecule has 0 saturated heterocycles. The smallest absolute Gasteiger partial charge is 0.114 e. The molecule has 1 aromatic rings. The first-order chi connectivity index (χ1) is 7.07. The minimum atomic E-state index is 0.00137. The second-order valence-corrected chi connectivity index (χ2v) is 4.70. The third-order valence-corrected chi connectivity index (χ3v) is 3.13. The fraction of sp³-hybridized carbons (Fsp3) is 0.385. The van der Waals surface area contributed by atoms with Crippen LogP contribution in [0.5, 0.6) is 0 Å². The first-order valence-electron chi connectivity index (χ1n) is 5.26. The van der Waals surface area contributed by atoms with Gasteiger partial charge in [-0.3, -0.25) is 0 Å². The lowest BCUT2D eigenvalue weighted by molar-refractivity contribution is 0.263. The Balaban J connectivity index is 2.13. The van der Waals surface area contributed by atoms with Gasteiger partial charge in [-0.1, -0.05) is 0 Å². The number of fused-ring (bicyclic) bond motifs is 2. The Hall–Kier alpha value is -1.44. The molecule has 1 aliphatic carbocycles. The molecule has 1 aliphatic heterocycles. The number of rotatable bonds is 0. The Morgan fingerprint density at radius 2 is 2.13 bits per heavy atom. The molecule has 0 bridgehead atoms. The van der Waals surface area contributed by atoms with Crippen LogP contribution < -0.4 is 0 Å². The van der Waals surface area contributed by atoms with Crippen molar-refractivity contribution in [3.8, 4) is 0 Å². The predicted octanol–water partition coefficient (Wildman–Crippen LogP) is 3.43. The maximum absolute atomic E-state index is 5.71. The van der Waals surface area contributed by atoms with Crippen molar-refractivity contribution >= 4 is 6.08 Å². The molecule has 0 saturated carbocycles. The summed E-state index contributed by atoms with van der Waals surface area (Å²) in [4.78, 5) is 0. The molecule has 1 unspecified atom stereocenters. The maximum atomic E-state index is 5.71. The summed E-state index contributed by atoms with van der Waals surface area (Å²) < 4.78 is 11.4. The fourth-order valence-corrected chi connectivity index (χ4v) is 2.49. The largest absolute Gasteiger partial charge is 0.466 e. The van der Waals surface area contributed by atoms with E-state index in [2.05, 4.69) is 25.1 Å². The molecule has 1 atom stereocenters. The van der Waals surface area contributed by atoms with Gasteiger partial charge in [-0.15, -0.1) is 0 Å². The summed E-state index contributed by atoms with van der Waals surface area (Å²) in [6.07, 6.45) is 5.18. The van der Waals surface area contributed by atoms with Gasteiger partial charge in [0.25, 0.3) is 0 Å². The van der Waals surface area contributed by atoms with Crippen LogP contribution in [0, 0.1) is 12.3 Å². The van der Waals surface area contributed by atoms with E-state index >= 15 is 0 Å². The van der Waals surface area contributed by atoms with E-state index in [-0.39, 0.29) is 5.41 Å². The molecule has 2 nitrogen and oxygen atoms in total. The van der Waals surface area contributed by atoms with Crippen LogP contribution in [0.4, 0.5) is 0 Å². The molecule has 3 rings (SSSR count). The summed E-state index contributed by atoms with van der Waals surface area (Å²) >= 11 is 0. The van der Waals surface area contributed by atoms with E-state index in [1.54, 1.807) is 0 Å². The van der Waals surface area contributed by atoms with Crippen LogP contribution in [0.1, 0.15) is 30.9 Å². The summed E-state index contributed by atoms with van der Waals surface area (Å²) in [6, 6.07) is 2.07. The van der Waals surface area contributed by atoms with Crippen LogP contribution in [0.3, 0.4) is 0 Å². The number of ether oxygens (including phenoxy) is 1. The van der Waals surface area contributed by atoms with Crippen molar-refractivity contribution in [2.75, 3.05) is 0 Å². The Morgan fingerprint density at radius 3 is 2.93 bits per heavy atom. The van der Waals surface area contributed by atoms with Gasteiger partial charge in [-0.2, -0.15) is 0 Å². The van der Waals surface area contributed by atoms with E-state index in [0.717, 1.165) is 29.5 Å². The van der Waals surface area contributed by atoms with Crippen molar-refractivity contribution in [3.05, 3.63) is 40.7 Å². The molecule has 0 N–H and O–H groups in total. The number of aryl methyl sites for hydroxylation is 1. The zero-order valence-electron chi connectivity index (χ0n) is 9.26. The quantitative estimate of drug-likeness (QED) is 0.643. The van der Waals surface area contributed by atoms with Crippen molar-refractivity contribution in [2.45, 2.75) is 27.2 Å². The Kier molecular flexibility index (Phi) is 1.51. The van der Waals surface area contributed by atoms with Crippen molar-refractivity contribution in [2.24, 2.45) is 5.41 Å². The van der Waals surface area contributed by atoms with E-state index in [9.17, 15) is 0 Å². The highest BCUT2D eigenvalue weighted by molar-refractivity contribution is 5.60. The molecular formula is C13H14O2. The van der Waals surface area contributed by atoms with Crippen molar-refractivity contribution in [1.29, 1.82) is 0 Å². The van der Waals surface area contributed by atoms with Gasteiger partial charge >= 0.3 is 0 Å². The van der Waals surface area contributed by atoms with Crippen LogP contribution in [0.15, 0.2) is 28.1 Å². The highest BCUT2D eigenvalue weighted by atomic mass is 16.5. The van der Waals surface area contributed by atoms with Crippen molar-refractivity contribution < 1.29 is 9.15 Å². The minimum Gasteiger partial charge on any atom is -0.466 e. The molecule has 2 heterocycles. The number of hydrogen-bond acceptors (Lipinski definition) is 2. The summed E-state index contributed by atoms with van der Waals surface area (Å²) in [5, 5.41) is 0. The van der Waals surface area contributed by atoms with Crippen LogP contribution in [0.25, 0.3) is 6.08 Å². The SMILES string of the molecule is CC1=CC2(C)Cc3oc(C)cc3C=C2O1. The Bertz CT molecular complexity index is 491. The zero-order valence-corrected chi connectivity index (χ0v) is 9.26. The molecule has 2 aliphatic rings. The highest BCUT2D eigenvalue weighted by Crippen LogP contribution is 2.46. The summed E-state index contributed by atoms with van der Waals surface area (Å²) in [6.45, 7) is 6.17. The monoisotopic (exact) mass is 202 g/mol. The lowest BCUT2D eigenvalue weighted by Crippen LogP contribution is -2.20. The maximum Gasteiger partial charge on any atom is 0.114 e. The standard InChI is InChI=1S/C13H14O2/c1-8-4-10-5-12-13(3,6-9(2)15-12)7-11(10)14-8/h4-6H,7H2,1-3H3. The van der Waals surface area contributed by atoms with E-state index in [4.69, 9.17) is 9.15 Å². The molecule has 1 aromatic heterocycles. The van der Waals surface area contributed by atoms with Crippen molar-refractivity contribution in [3.63, 3.8) is 0 Å². The normalized spacial score (nSPS) is 27.7. The molecule has 15 heavy (non-hydrogen) atoms. The third-order valence-electron chi connectivity index (χ3n) is 3.13. The molecule has 0 radical (unpaired) electrons. The van der Waals surface area contributed by atoms with Gasteiger partial charge in [0.1, 0.15) is 17.3 Å². The summed E-state index contributed by atoms with van der Waals surface area (Å²) in [7, 11) is 0. The molecule has 0 amide bonds. The predicted molar refractivity (Wildman–Crippen MR) is 58.1 cm³/mol. The Morgan fingerprint density at radius 1 is 1.33 bits per heavy atom. The zero-order chi connectivity index (χ0) is 10.6. The average Bonchev–Trinajstić information content (AvgIpc) is 2.56. The summed E-state index contributed by atoms with van der Waals surface area (Å²) in [5.74, 6) is 4.09. The van der Waals surface area contributed by atoms with Gasteiger partial charge in [-0.25, -0.2) is 0 Å².